The highest BCUT2D eigenvalue weighted by molar-refractivity contribution is 7.16. The number of carbonyl (C=O) groups excluding carboxylic acids is 1. The van der Waals surface area contributed by atoms with Crippen LogP contribution in [0.3, 0.4) is 0 Å². The van der Waals surface area contributed by atoms with Crippen LogP contribution in [-0.2, 0) is 6.54 Å². The van der Waals surface area contributed by atoms with Gasteiger partial charge in [-0.05, 0) is 55.5 Å². The summed E-state index contributed by atoms with van der Waals surface area (Å²) < 4.78 is 3.29. The lowest BCUT2D eigenvalue weighted by atomic mass is 10.1. The molecule has 2 heterocycles. The first kappa shape index (κ1) is 14.2. The van der Waals surface area contributed by atoms with E-state index in [1.807, 2.05) is 17.5 Å². The second kappa shape index (κ2) is 5.58. The van der Waals surface area contributed by atoms with Gasteiger partial charge in [0.25, 0.3) is 5.91 Å². The van der Waals surface area contributed by atoms with Crippen molar-refractivity contribution >= 4 is 38.8 Å². The first-order chi connectivity index (χ1) is 10.1. The van der Waals surface area contributed by atoms with Crippen molar-refractivity contribution in [2.24, 2.45) is 4.99 Å². The lowest BCUT2D eigenvalue weighted by molar-refractivity contribution is 0.100. The smallest absolute Gasteiger partial charge is 0.289 e. The van der Waals surface area contributed by atoms with Crippen LogP contribution in [0, 0.1) is 13.8 Å². The van der Waals surface area contributed by atoms with E-state index in [2.05, 4.69) is 42.5 Å². The summed E-state index contributed by atoms with van der Waals surface area (Å²) in [6.07, 6.45) is 0. The van der Waals surface area contributed by atoms with Crippen molar-refractivity contribution in [2.75, 3.05) is 0 Å². The van der Waals surface area contributed by atoms with Gasteiger partial charge in [0.2, 0.25) is 0 Å². The number of rotatable bonds is 2. The van der Waals surface area contributed by atoms with Crippen LogP contribution in [0.15, 0.2) is 34.6 Å². The highest BCUT2D eigenvalue weighted by Gasteiger charge is 2.10. The van der Waals surface area contributed by atoms with Crippen molar-refractivity contribution in [1.82, 2.24) is 4.57 Å². The van der Waals surface area contributed by atoms with Crippen LogP contribution in [-0.4, -0.2) is 10.5 Å². The van der Waals surface area contributed by atoms with Crippen LogP contribution in [0.1, 0.15) is 27.7 Å². The topological polar surface area (TPSA) is 34.4 Å². The van der Waals surface area contributed by atoms with E-state index < -0.39 is 0 Å². The Morgan fingerprint density at radius 1 is 1.29 bits per heavy atom. The van der Waals surface area contributed by atoms with E-state index in [1.165, 1.54) is 27.2 Å². The van der Waals surface area contributed by atoms with Crippen LogP contribution in [0.4, 0.5) is 0 Å². The zero-order valence-corrected chi connectivity index (χ0v) is 13.8. The fourth-order valence-corrected chi connectivity index (χ4v) is 4.03. The van der Waals surface area contributed by atoms with E-state index in [9.17, 15) is 4.79 Å². The summed E-state index contributed by atoms with van der Waals surface area (Å²) in [6.45, 7) is 7.10. The fraction of sp³-hybridized carbons (Fsp3) is 0.250. The monoisotopic (exact) mass is 316 g/mol. The third-order valence-corrected chi connectivity index (χ3v) is 5.44. The molecule has 0 bridgehead atoms. The second-order valence-corrected chi connectivity index (χ2v) is 6.88. The third kappa shape index (κ3) is 2.59. The summed E-state index contributed by atoms with van der Waals surface area (Å²) in [4.78, 5) is 18.0. The largest absolute Gasteiger partial charge is 0.317 e. The van der Waals surface area contributed by atoms with Gasteiger partial charge >= 0.3 is 0 Å². The summed E-state index contributed by atoms with van der Waals surface area (Å²) in [6, 6.07) is 8.04. The Balaban J connectivity index is 2.21. The number of amides is 1. The molecule has 21 heavy (non-hydrogen) atoms. The molecule has 0 aliphatic carbocycles. The van der Waals surface area contributed by atoms with E-state index >= 15 is 0 Å². The van der Waals surface area contributed by atoms with E-state index in [0.717, 1.165) is 16.9 Å². The zero-order valence-electron chi connectivity index (χ0n) is 12.2. The van der Waals surface area contributed by atoms with Crippen molar-refractivity contribution in [1.29, 1.82) is 0 Å². The van der Waals surface area contributed by atoms with Gasteiger partial charge in [-0.15, -0.1) is 11.3 Å². The number of thiazole rings is 1. The Kier molecular flexibility index (Phi) is 3.78. The summed E-state index contributed by atoms with van der Waals surface area (Å²) in [5.74, 6) is -0.160. The quantitative estimate of drug-likeness (QED) is 0.699. The number of hydrogen-bond donors (Lipinski definition) is 0. The summed E-state index contributed by atoms with van der Waals surface area (Å²) in [5, 5.41) is 1.90. The maximum Gasteiger partial charge on any atom is 0.289 e. The van der Waals surface area contributed by atoms with Crippen LogP contribution in [0.2, 0.25) is 0 Å². The van der Waals surface area contributed by atoms with Crippen LogP contribution < -0.4 is 4.80 Å². The van der Waals surface area contributed by atoms with Crippen LogP contribution in [0.25, 0.3) is 10.2 Å². The van der Waals surface area contributed by atoms with Gasteiger partial charge in [-0.25, -0.2) is 0 Å². The van der Waals surface area contributed by atoms with Crippen molar-refractivity contribution in [3.63, 3.8) is 0 Å². The van der Waals surface area contributed by atoms with Crippen LogP contribution in [0.5, 0.6) is 0 Å². The van der Waals surface area contributed by atoms with Gasteiger partial charge in [0.1, 0.15) is 0 Å². The molecule has 3 aromatic rings. The van der Waals surface area contributed by atoms with Gasteiger partial charge in [-0.3, -0.25) is 4.79 Å². The first-order valence-electron chi connectivity index (χ1n) is 6.83. The molecule has 0 atom stereocenters. The summed E-state index contributed by atoms with van der Waals surface area (Å²) in [7, 11) is 0. The molecular weight excluding hydrogens is 300 g/mol. The molecule has 108 valence electrons. The van der Waals surface area contributed by atoms with E-state index in [-0.39, 0.29) is 5.91 Å². The number of aromatic nitrogens is 1. The normalized spacial score (nSPS) is 12.2. The van der Waals surface area contributed by atoms with Gasteiger partial charge in [0.05, 0.1) is 15.1 Å². The zero-order chi connectivity index (χ0) is 15.0. The Morgan fingerprint density at radius 2 is 2.05 bits per heavy atom. The molecule has 0 N–H and O–H groups in total. The number of fused-ring (bicyclic) bond motifs is 1. The lowest BCUT2D eigenvalue weighted by Gasteiger charge is -2.03. The Morgan fingerprint density at radius 3 is 2.71 bits per heavy atom. The number of aryl methyl sites for hydroxylation is 3. The van der Waals surface area contributed by atoms with E-state index in [4.69, 9.17) is 0 Å². The average Bonchev–Trinajstić information content (AvgIpc) is 3.07. The fourth-order valence-electron chi connectivity index (χ4n) is 2.25. The molecule has 0 saturated heterocycles. The molecule has 0 unspecified atom stereocenters. The second-order valence-electron chi connectivity index (χ2n) is 4.93. The van der Waals surface area contributed by atoms with Gasteiger partial charge in [0.15, 0.2) is 4.80 Å². The van der Waals surface area contributed by atoms with Gasteiger partial charge in [-0.2, -0.15) is 4.99 Å². The van der Waals surface area contributed by atoms with E-state index in [0.29, 0.717) is 4.88 Å². The van der Waals surface area contributed by atoms with Gasteiger partial charge in [0, 0.05) is 6.54 Å². The maximum absolute atomic E-state index is 12.2. The number of benzene rings is 1. The van der Waals surface area contributed by atoms with Gasteiger partial charge < -0.3 is 4.57 Å². The van der Waals surface area contributed by atoms with E-state index in [1.54, 1.807) is 11.3 Å². The molecule has 3 nitrogen and oxygen atoms in total. The average molecular weight is 316 g/mol. The highest BCUT2D eigenvalue weighted by atomic mass is 32.1. The molecule has 0 saturated carbocycles. The highest BCUT2D eigenvalue weighted by Crippen LogP contribution is 2.22. The lowest BCUT2D eigenvalue weighted by Crippen LogP contribution is -2.15. The molecule has 0 radical (unpaired) electrons. The van der Waals surface area contributed by atoms with Crippen LogP contribution >= 0.6 is 22.7 Å². The van der Waals surface area contributed by atoms with Crippen molar-refractivity contribution in [3.8, 4) is 0 Å². The minimum absolute atomic E-state index is 0.160. The molecular formula is C16H16N2OS2. The molecule has 2 aromatic heterocycles. The molecule has 3 rings (SSSR count). The molecule has 0 aliphatic rings. The third-order valence-electron chi connectivity index (χ3n) is 3.54. The summed E-state index contributed by atoms with van der Waals surface area (Å²) in [5.41, 5.74) is 3.69. The molecule has 0 spiro atoms. The molecule has 0 aliphatic heterocycles. The standard InChI is InChI=1S/C16H16N2OS2/c1-4-18-12-8-10(2)11(3)9-14(12)21-16(18)17-15(19)13-6-5-7-20-13/h5-9H,4H2,1-3H3. The number of nitrogens with zero attached hydrogens (tertiary/aromatic N) is 2. The molecule has 0 fully saturated rings. The Hall–Kier alpha value is -1.72. The summed E-state index contributed by atoms with van der Waals surface area (Å²) >= 11 is 3.00. The molecule has 5 heteroatoms. The number of thiophene rings is 1. The number of hydrogen-bond acceptors (Lipinski definition) is 3. The van der Waals surface area contributed by atoms with Gasteiger partial charge in [-0.1, -0.05) is 17.4 Å². The molecule has 1 amide bonds. The van der Waals surface area contributed by atoms with Crippen molar-refractivity contribution in [2.45, 2.75) is 27.3 Å². The predicted molar refractivity (Wildman–Crippen MR) is 89.2 cm³/mol. The SMILES string of the molecule is CCn1c(=NC(=O)c2cccs2)sc2cc(C)c(C)cc21. The molecule has 1 aromatic carbocycles. The maximum atomic E-state index is 12.2. The Labute approximate surface area is 131 Å². The Bertz CT molecular complexity index is 870. The first-order valence-corrected chi connectivity index (χ1v) is 8.53. The predicted octanol–water partition coefficient (Wildman–Crippen LogP) is 4.14. The van der Waals surface area contributed by atoms with Crippen molar-refractivity contribution in [3.05, 3.63) is 50.5 Å². The minimum Gasteiger partial charge on any atom is -0.317 e. The number of carbonyl (C=O) groups is 1. The van der Waals surface area contributed by atoms with Crippen molar-refractivity contribution < 1.29 is 4.79 Å². The minimum atomic E-state index is -0.160.